The molecular formula is C18H18ClN3O5. The molecule has 0 bridgehead atoms. The number of hydrogen-bond acceptors (Lipinski definition) is 6. The second-order valence-electron chi connectivity index (χ2n) is 5.34. The molecule has 0 aliphatic carbocycles. The zero-order valence-corrected chi connectivity index (χ0v) is 15.5. The summed E-state index contributed by atoms with van der Waals surface area (Å²) in [6, 6.07) is 9.42. The third-order valence-corrected chi connectivity index (χ3v) is 3.86. The minimum atomic E-state index is -0.536. The first-order valence-corrected chi connectivity index (χ1v) is 8.38. The summed E-state index contributed by atoms with van der Waals surface area (Å²) in [6.45, 7) is 2.06. The van der Waals surface area contributed by atoms with Crippen molar-refractivity contribution >= 4 is 29.4 Å². The summed E-state index contributed by atoms with van der Waals surface area (Å²) >= 11 is 6.07. The van der Waals surface area contributed by atoms with Crippen LogP contribution in [0.3, 0.4) is 0 Å². The van der Waals surface area contributed by atoms with Crippen LogP contribution >= 0.6 is 11.6 Å². The van der Waals surface area contributed by atoms with E-state index in [1.165, 1.54) is 25.5 Å². The first kappa shape index (κ1) is 20.2. The molecule has 0 aromatic heterocycles. The van der Waals surface area contributed by atoms with Gasteiger partial charge in [0.05, 0.1) is 31.3 Å². The summed E-state index contributed by atoms with van der Waals surface area (Å²) in [5.74, 6) is 0.380. The molecule has 2 aromatic carbocycles. The van der Waals surface area contributed by atoms with Gasteiger partial charge in [-0.05, 0) is 42.8 Å². The van der Waals surface area contributed by atoms with Crippen molar-refractivity contribution in [2.75, 3.05) is 13.7 Å². The molecule has 0 heterocycles. The van der Waals surface area contributed by atoms with Crippen LogP contribution in [-0.2, 0) is 11.2 Å². The number of nitrogens with one attached hydrogen (secondary N) is 1. The van der Waals surface area contributed by atoms with E-state index in [9.17, 15) is 14.9 Å². The van der Waals surface area contributed by atoms with Gasteiger partial charge in [0.2, 0.25) is 5.91 Å². The van der Waals surface area contributed by atoms with Gasteiger partial charge in [0, 0.05) is 16.7 Å². The van der Waals surface area contributed by atoms with Gasteiger partial charge in [-0.1, -0.05) is 11.6 Å². The van der Waals surface area contributed by atoms with E-state index in [4.69, 9.17) is 21.1 Å². The Morgan fingerprint density at radius 1 is 1.33 bits per heavy atom. The molecule has 0 aliphatic heterocycles. The van der Waals surface area contributed by atoms with E-state index in [1.807, 2.05) is 0 Å². The lowest BCUT2D eigenvalue weighted by Gasteiger charge is -2.06. The van der Waals surface area contributed by atoms with Crippen molar-refractivity contribution in [3.8, 4) is 11.5 Å². The number of nitro benzene ring substituents is 1. The van der Waals surface area contributed by atoms with Crippen molar-refractivity contribution in [3.05, 3.63) is 62.7 Å². The Labute approximate surface area is 160 Å². The van der Waals surface area contributed by atoms with Gasteiger partial charge in [0.1, 0.15) is 5.75 Å². The van der Waals surface area contributed by atoms with Crippen molar-refractivity contribution in [1.29, 1.82) is 0 Å². The van der Waals surface area contributed by atoms with Gasteiger partial charge in [-0.25, -0.2) is 5.43 Å². The van der Waals surface area contributed by atoms with Crippen LogP contribution in [0, 0.1) is 10.1 Å². The van der Waals surface area contributed by atoms with Crippen molar-refractivity contribution in [3.63, 3.8) is 0 Å². The molecule has 8 nitrogen and oxygen atoms in total. The average molecular weight is 392 g/mol. The number of ether oxygens (including phenoxy) is 2. The van der Waals surface area contributed by atoms with Gasteiger partial charge < -0.3 is 9.47 Å². The zero-order valence-electron chi connectivity index (χ0n) is 14.8. The first-order chi connectivity index (χ1) is 12.9. The highest BCUT2D eigenvalue weighted by Gasteiger charge is 2.15. The molecule has 2 aromatic rings. The van der Waals surface area contributed by atoms with Crippen molar-refractivity contribution in [2.45, 2.75) is 13.3 Å². The number of amides is 1. The van der Waals surface area contributed by atoms with Crippen molar-refractivity contribution in [2.24, 2.45) is 5.10 Å². The van der Waals surface area contributed by atoms with E-state index >= 15 is 0 Å². The van der Waals surface area contributed by atoms with E-state index in [0.29, 0.717) is 28.5 Å². The van der Waals surface area contributed by atoms with Crippen LogP contribution in [0.25, 0.3) is 0 Å². The van der Waals surface area contributed by atoms with Crippen LogP contribution in [0.5, 0.6) is 11.5 Å². The Morgan fingerprint density at radius 2 is 2.11 bits per heavy atom. The lowest BCUT2D eigenvalue weighted by atomic mass is 10.1. The molecule has 0 unspecified atom stereocenters. The Kier molecular flexibility index (Phi) is 7.13. The zero-order chi connectivity index (χ0) is 19.8. The topological polar surface area (TPSA) is 103 Å². The lowest BCUT2D eigenvalue weighted by Crippen LogP contribution is -2.20. The third-order valence-electron chi connectivity index (χ3n) is 3.49. The van der Waals surface area contributed by atoms with Crippen LogP contribution in [0.15, 0.2) is 41.5 Å². The molecular weight excluding hydrogens is 374 g/mol. The fourth-order valence-corrected chi connectivity index (χ4v) is 2.42. The number of carbonyl (C=O) groups is 1. The van der Waals surface area contributed by atoms with Gasteiger partial charge in [0.25, 0.3) is 0 Å². The molecule has 27 heavy (non-hydrogen) atoms. The molecule has 1 amide bonds. The van der Waals surface area contributed by atoms with E-state index in [1.54, 1.807) is 31.2 Å². The maximum atomic E-state index is 12.0. The smallest absolute Gasteiger partial charge is 0.311 e. The monoisotopic (exact) mass is 391 g/mol. The predicted octanol–water partition coefficient (Wildman–Crippen LogP) is 3.35. The average Bonchev–Trinajstić information content (AvgIpc) is 2.64. The number of nitro groups is 1. The highest BCUT2D eigenvalue weighted by molar-refractivity contribution is 6.31. The molecule has 9 heteroatoms. The molecule has 1 N–H and O–H groups in total. The van der Waals surface area contributed by atoms with E-state index in [0.717, 1.165) is 0 Å². The standard InChI is InChI=1S/C18H18ClN3O5/c1-3-27-17-7-4-12(8-16(17)22(24)25)11-20-21-18(23)10-13-9-14(26-2)5-6-15(13)19/h4-9,11H,3,10H2,1-2H3,(H,21,23)/b20-11+. The fraction of sp³-hybridized carbons (Fsp3) is 0.222. The summed E-state index contributed by atoms with van der Waals surface area (Å²) < 4.78 is 10.3. The summed E-state index contributed by atoms with van der Waals surface area (Å²) in [5.41, 5.74) is 3.24. The van der Waals surface area contributed by atoms with Crippen molar-refractivity contribution < 1.29 is 19.2 Å². The Bertz CT molecular complexity index is 870. The summed E-state index contributed by atoms with van der Waals surface area (Å²) in [4.78, 5) is 22.6. The number of carbonyl (C=O) groups excluding carboxylic acids is 1. The molecule has 0 atom stereocenters. The largest absolute Gasteiger partial charge is 0.497 e. The molecule has 0 saturated carbocycles. The number of nitrogens with zero attached hydrogens (tertiary/aromatic N) is 2. The molecule has 0 spiro atoms. The number of benzene rings is 2. The van der Waals surface area contributed by atoms with Crippen LogP contribution < -0.4 is 14.9 Å². The highest BCUT2D eigenvalue weighted by atomic mass is 35.5. The number of hydrogen-bond donors (Lipinski definition) is 1. The van der Waals surface area contributed by atoms with E-state index in [-0.39, 0.29) is 23.8 Å². The lowest BCUT2D eigenvalue weighted by molar-refractivity contribution is -0.385. The normalized spacial score (nSPS) is 10.6. The first-order valence-electron chi connectivity index (χ1n) is 8.00. The van der Waals surface area contributed by atoms with Gasteiger partial charge in [0.15, 0.2) is 5.75 Å². The molecule has 142 valence electrons. The summed E-state index contributed by atoms with van der Waals surface area (Å²) in [7, 11) is 1.52. The number of hydrazone groups is 1. The van der Waals surface area contributed by atoms with Gasteiger partial charge in [-0.2, -0.15) is 5.10 Å². The predicted molar refractivity (Wildman–Crippen MR) is 102 cm³/mol. The maximum absolute atomic E-state index is 12.0. The molecule has 0 aliphatic rings. The van der Waals surface area contributed by atoms with E-state index < -0.39 is 4.92 Å². The molecule has 0 fully saturated rings. The third kappa shape index (κ3) is 5.68. The van der Waals surface area contributed by atoms with Crippen LogP contribution in [0.2, 0.25) is 5.02 Å². The second kappa shape index (κ2) is 9.54. The minimum absolute atomic E-state index is 0.0107. The van der Waals surface area contributed by atoms with Gasteiger partial charge >= 0.3 is 5.69 Å². The van der Waals surface area contributed by atoms with E-state index in [2.05, 4.69) is 10.5 Å². The van der Waals surface area contributed by atoms with Crippen molar-refractivity contribution in [1.82, 2.24) is 5.43 Å². The summed E-state index contributed by atoms with van der Waals surface area (Å²) in [6.07, 6.45) is 1.32. The number of methoxy groups -OCH3 is 1. The van der Waals surface area contributed by atoms with Crippen LogP contribution in [0.1, 0.15) is 18.1 Å². The Hall–Kier alpha value is -3.13. The molecule has 2 rings (SSSR count). The number of halogens is 1. The number of rotatable bonds is 8. The SMILES string of the molecule is CCOc1ccc(/C=N/NC(=O)Cc2cc(OC)ccc2Cl)cc1[N+](=O)[O-]. The Morgan fingerprint density at radius 3 is 2.78 bits per heavy atom. The highest BCUT2D eigenvalue weighted by Crippen LogP contribution is 2.27. The quantitative estimate of drug-likeness (QED) is 0.422. The fourth-order valence-electron chi connectivity index (χ4n) is 2.24. The summed E-state index contributed by atoms with van der Waals surface area (Å²) in [5, 5.41) is 15.4. The van der Waals surface area contributed by atoms with Crippen LogP contribution in [-0.4, -0.2) is 30.8 Å². The minimum Gasteiger partial charge on any atom is -0.497 e. The second-order valence-corrected chi connectivity index (χ2v) is 5.75. The maximum Gasteiger partial charge on any atom is 0.311 e. The molecule has 0 saturated heterocycles. The van der Waals surface area contributed by atoms with Crippen LogP contribution in [0.4, 0.5) is 5.69 Å². The van der Waals surface area contributed by atoms with Gasteiger partial charge in [-0.15, -0.1) is 0 Å². The van der Waals surface area contributed by atoms with Gasteiger partial charge in [-0.3, -0.25) is 14.9 Å². The Balaban J connectivity index is 2.03. The molecule has 0 radical (unpaired) electrons.